The molecule has 0 atom stereocenters. The normalized spacial score (nSPS) is 11.3. The number of carbonyl (C=O) groups excluding carboxylic acids is 1. The van der Waals surface area contributed by atoms with E-state index in [1.165, 1.54) is 6.07 Å². The van der Waals surface area contributed by atoms with Gasteiger partial charge in [0.15, 0.2) is 0 Å². The Morgan fingerprint density at radius 3 is 2.50 bits per heavy atom. The Kier molecular flexibility index (Phi) is 3.90. The summed E-state index contributed by atoms with van der Waals surface area (Å²) in [6.07, 6.45) is -6.13. The van der Waals surface area contributed by atoms with E-state index in [1.807, 2.05) is 5.32 Å². The van der Waals surface area contributed by atoms with Crippen LogP contribution in [-0.4, -0.2) is 12.1 Å². The van der Waals surface area contributed by atoms with Crippen LogP contribution in [0.3, 0.4) is 0 Å². The second kappa shape index (κ2) is 4.82. The monoisotopic (exact) mass is 299 g/mol. The van der Waals surface area contributed by atoms with E-state index < -0.39 is 24.3 Å². The van der Waals surface area contributed by atoms with Crippen LogP contribution >= 0.6 is 15.9 Å². The van der Waals surface area contributed by atoms with Crippen LogP contribution in [0.5, 0.6) is 0 Å². The predicted octanol–water partition coefficient (Wildman–Crippen LogP) is 3.48. The van der Waals surface area contributed by atoms with Crippen LogP contribution in [0.4, 0.5) is 23.2 Å². The minimum atomic E-state index is -4.56. The summed E-state index contributed by atoms with van der Waals surface area (Å²) in [6, 6.07) is 3.25. The molecule has 0 spiro atoms. The smallest absolute Gasteiger partial charge is 0.325 e. The third-order valence-electron chi connectivity index (χ3n) is 1.57. The van der Waals surface area contributed by atoms with Gasteiger partial charge in [-0.15, -0.1) is 0 Å². The van der Waals surface area contributed by atoms with E-state index in [4.69, 9.17) is 0 Å². The van der Waals surface area contributed by atoms with Crippen molar-refractivity contribution in [3.63, 3.8) is 0 Å². The van der Waals surface area contributed by atoms with Gasteiger partial charge in [0.25, 0.3) is 0 Å². The molecule has 0 fully saturated rings. The van der Waals surface area contributed by atoms with Crippen molar-refractivity contribution in [3.8, 4) is 0 Å². The number of hydrogen-bond acceptors (Lipinski definition) is 1. The second-order valence-corrected chi connectivity index (χ2v) is 3.82. The highest BCUT2D eigenvalue weighted by atomic mass is 79.9. The van der Waals surface area contributed by atoms with Gasteiger partial charge in [0.1, 0.15) is 12.2 Å². The fourth-order valence-corrected chi connectivity index (χ4v) is 1.42. The molecule has 2 nitrogen and oxygen atoms in total. The zero-order valence-corrected chi connectivity index (χ0v) is 9.32. The lowest BCUT2D eigenvalue weighted by atomic mass is 10.3. The van der Waals surface area contributed by atoms with E-state index in [0.717, 1.165) is 12.1 Å². The molecule has 1 rings (SSSR count). The fraction of sp³-hybridized carbons (Fsp3) is 0.222. The molecule has 0 saturated carbocycles. The summed E-state index contributed by atoms with van der Waals surface area (Å²) in [5.41, 5.74) is 0.0932. The van der Waals surface area contributed by atoms with E-state index in [1.54, 1.807) is 0 Å². The van der Waals surface area contributed by atoms with Gasteiger partial charge in [-0.25, -0.2) is 4.39 Å². The molecule has 1 aromatic carbocycles. The topological polar surface area (TPSA) is 29.1 Å². The molecule has 0 bridgehead atoms. The average Bonchev–Trinajstić information content (AvgIpc) is 2.06. The number of rotatable bonds is 2. The maximum atomic E-state index is 12.6. The molecule has 0 radical (unpaired) electrons. The first-order valence-electron chi connectivity index (χ1n) is 4.09. The van der Waals surface area contributed by atoms with E-state index in [2.05, 4.69) is 15.9 Å². The first kappa shape index (κ1) is 13.0. The highest BCUT2D eigenvalue weighted by Gasteiger charge is 2.31. The maximum absolute atomic E-state index is 12.6. The van der Waals surface area contributed by atoms with Gasteiger partial charge in [0.2, 0.25) is 5.91 Å². The predicted molar refractivity (Wildman–Crippen MR) is 53.4 cm³/mol. The Balaban J connectivity index is 2.70. The van der Waals surface area contributed by atoms with Crippen LogP contribution in [0.2, 0.25) is 0 Å². The van der Waals surface area contributed by atoms with Gasteiger partial charge in [-0.05, 0) is 34.1 Å². The second-order valence-electron chi connectivity index (χ2n) is 2.96. The lowest BCUT2D eigenvalue weighted by Gasteiger charge is -2.09. The van der Waals surface area contributed by atoms with Gasteiger partial charge in [0.05, 0.1) is 5.69 Å². The minimum Gasteiger partial charge on any atom is -0.325 e. The van der Waals surface area contributed by atoms with Crippen molar-refractivity contribution in [1.82, 2.24) is 0 Å². The molecular weight excluding hydrogens is 294 g/mol. The number of benzene rings is 1. The van der Waals surface area contributed by atoms with Gasteiger partial charge in [-0.2, -0.15) is 13.2 Å². The molecule has 0 unspecified atom stereocenters. The van der Waals surface area contributed by atoms with Crippen molar-refractivity contribution in [2.24, 2.45) is 0 Å². The number of anilines is 1. The third-order valence-corrected chi connectivity index (χ3v) is 2.22. The quantitative estimate of drug-likeness (QED) is 0.832. The third kappa shape index (κ3) is 4.18. The lowest BCUT2D eigenvalue weighted by Crippen LogP contribution is -2.21. The fourth-order valence-electron chi connectivity index (χ4n) is 0.967. The Morgan fingerprint density at radius 1 is 1.38 bits per heavy atom. The molecule has 0 aliphatic heterocycles. The summed E-state index contributed by atoms with van der Waals surface area (Å²) in [4.78, 5) is 10.9. The van der Waals surface area contributed by atoms with Crippen LogP contribution in [-0.2, 0) is 4.79 Å². The van der Waals surface area contributed by atoms with Crippen molar-refractivity contribution in [3.05, 3.63) is 28.5 Å². The molecule has 0 heterocycles. The van der Waals surface area contributed by atoms with Gasteiger partial charge in [-0.3, -0.25) is 4.79 Å². The summed E-state index contributed by atoms with van der Waals surface area (Å²) in [7, 11) is 0. The number of carbonyl (C=O) groups is 1. The summed E-state index contributed by atoms with van der Waals surface area (Å²) in [5.74, 6) is -1.75. The van der Waals surface area contributed by atoms with E-state index >= 15 is 0 Å². The van der Waals surface area contributed by atoms with Gasteiger partial charge in [0, 0.05) is 4.47 Å². The van der Waals surface area contributed by atoms with Gasteiger partial charge in [-0.1, -0.05) is 0 Å². The van der Waals surface area contributed by atoms with Crippen LogP contribution in [0.15, 0.2) is 22.7 Å². The van der Waals surface area contributed by atoms with Crippen molar-refractivity contribution in [2.45, 2.75) is 12.6 Å². The van der Waals surface area contributed by atoms with Crippen molar-refractivity contribution >= 4 is 27.5 Å². The number of halogens is 5. The van der Waals surface area contributed by atoms with Crippen molar-refractivity contribution in [1.29, 1.82) is 0 Å². The zero-order valence-electron chi connectivity index (χ0n) is 7.74. The molecule has 16 heavy (non-hydrogen) atoms. The Morgan fingerprint density at radius 2 is 2.00 bits per heavy atom. The van der Waals surface area contributed by atoms with Gasteiger partial charge < -0.3 is 5.32 Å². The molecule has 7 heteroatoms. The molecule has 1 amide bonds. The van der Waals surface area contributed by atoms with Crippen LogP contribution in [0.1, 0.15) is 6.42 Å². The van der Waals surface area contributed by atoms with E-state index in [0.29, 0.717) is 0 Å². The summed E-state index contributed by atoms with van der Waals surface area (Å²) >= 11 is 2.92. The largest absolute Gasteiger partial charge is 0.397 e. The van der Waals surface area contributed by atoms with E-state index in [-0.39, 0.29) is 10.2 Å². The lowest BCUT2D eigenvalue weighted by molar-refractivity contribution is -0.150. The highest BCUT2D eigenvalue weighted by molar-refractivity contribution is 9.10. The molecule has 1 N–H and O–H groups in total. The molecule has 0 saturated heterocycles. The first-order chi connectivity index (χ1) is 7.28. The number of hydrogen-bond donors (Lipinski definition) is 1. The maximum Gasteiger partial charge on any atom is 0.397 e. The SMILES string of the molecule is O=C(CC(F)(F)F)Nc1ccc(F)cc1Br. The Hall–Kier alpha value is -1.11. The van der Waals surface area contributed by atoms with Crippen molar-refractivity contribution < 1.29 is 22.4 Å². The first-order valence-corrected chi connectivity index (χ1v) is 4.89. The summed E-state index contributed by atoms with van der Waals surface area (Å²) in [6.45, 7) is 0. The van der Waals surface area contributed by atoms with Crippen LogP contribution < -0.4 is 5.32 Å². The summed E-state index contributed by atoms with van der Waals surface area (Å²) in [5, 5.41) is 2.02. The molecule has 0 aliphatic rings. The Bertz CT molecular complexity index is 405. The van der Waals surface area contributed by atoms with Gasteiger partial charge >= 0.3 is 6.18 Å². The minimum absolute atomic E-state index is 0.0932. The number of nitrogens with one attached hydrogen (secondary N) is 1. The average molecular weight is 300 g/mol. The van der Waals surface area contributed by atoms with E-state index in [9.17, 15) is 22.4 Å². The standard InChI is InChI=1S/C9H6BrF4NO/c10-6-3-5(11)1-2-7(6)15-8(16)4-9(12,13)14/h1-3H,4H2,(H,15,16). The Labute approximate surface area is 96.8 Å². The van der Waals surface area contributed by atoms with Crippen LogP contribution in [0.25, 0.3) is 0 Å². The zero-order chi connectivity index (χ0) is 12.3. The summed E-state index contributed by atoms with van der Waals surface area (Å²) < 4.78 is 48.3. The number of amides is 1. The molecule has 88 valence electrons. The van der Waals surface area contributed by atoms with Crippen molar-refractivity contribution in [2.75, 3.05) is 5.32 Å². The number of alkyl halides is 3. The highest BCUT2D eigenvalue weighted by Crippen LogP contribution is 2.25. The molecule has 0 aliphatic carbocycles. The molecular formula is C9H6BrF4NO. The molecule has 0 aromatic heterocycles. The molecule has 1 aromatic rings. The van der Waals surface area contributed by atoms with Crippen LogP contribution in [0, 0.1) is 5.82 Å².